The Morgan fingerprint density at radius 3 is 2.11 bits per heavy atom. The Labute approximate surface area is 181 Å². The van der Waals surface area contributed by atoms with E-state index in [9.17, 15) is 3.83 Å². The maximum atomic E-state index is 12.6. The third-order valence-corrected chi connectivity index (χ3v) is 7.04. The molecule has 27 heavy (non-hydrogen) atoms. The molecule has 1 unspecified atom stereocenters. The molecule has 2 saturated carbocycles. The van der Waals surface area contributed by atoms with Crippen LogP contribution in [0.25, 0.3) is 6.08 Å². The molecule has 0 aliphatic heterocycles. The van der Waals surface area contributed by atoms with Crippen LogP contribution in [0.5, 0.6) is 0 Å². The fourth-order valence-corrected chi connectivity index (χ4v) is 4.98. The maximum absolute atomic E-state index is 12.6. The Hall–Kier alpha value is -0.241. The third-order valence-electron chi connectivity index (χ3n) is 4.19. The van der Waals surface area contributed by atoms with Crippen LogP contribution in [0.3, 0.4) is 0 Å². The van der Waals surface area contributed by atoms with E-state index in [0.29, 0.717) is 11.4 Å². The quantitative estimate of drug-likeness (QED) is 0.577. The van der Waals surface area contributed by atoms with Gasteiger partial charge in [0.2, 0.25) is 0 Å². The Kier molecular flexibility index (Phi) is 12.7. The Bertz CT molecular complexity index is 549. The summed E-state index contributed by atoms with van der Waals surface area (Å²) in [5.74, 6) is 1.20. The van der Waals surface area contributed by atoms with Crippen LogP contribution in [0.4, 0.5) is 0 Å². The predicted octanol–water partition coefficient (Wildman–Crippen LogP) is 4.41. The van der Waals surface area contributed by atoms with E-state index < -0.39 is 13.8 Å². The van der Waals surface area contributed by atoms with Crippen molar-refractivity contribution in [3.8, 4) is 0 Å². The van der Waals surface area contributed by atoms with E-state index in [1.807, 2.05) is 75.3 Å². The third kappa shape index (κ3) is 8.75. The van der Waals surface area contributed by atoms with Crippen LogP contribution in [0.1, 0.15) is 12.5 Å². The molecule has 2 aliphatic rings. The average molecular weight is 468 g/mol. The minimum atomic E-state index is -2.01. The number of allylic oxidation sites excluding steroid dienone is 1. The molecule has 4 heteroatoms. The summed E-state index contributed by atoms with van der Waals surface area (Å²) < 4.78 is 12.6. The van der Waals surface area contributed by atoms with E-state index in [1.54, 1.807) is 0 Å². The van der Waals surface area contributed by atoms with Crippen molar-refractivity contribution in [3.05, 3.63) is 104 Å². The van der Waals surface area contributed by atoms with Crippen LogP contribution in [0.15, 0.2) is 36.4 Å². The van der Waals surface area contributed by atoms with E-state index >= 15 is 0 Å². The first-order chi connectivity index (χ1) is 12.6. The summed E-state index contributed by atoms with van der Waals surface area (Å²) in [6.07, 6.45) is 20.2. The molecule has 0 aromatic heterocycles. The zero-order chi connectivity index (χ0) is 18.8. The van der Waals surface area contributed by atoms with Crippen molar-refractivity contribution in [1.82, 2.24) is 4.90 Å². The van der Waals surface area contributed by atoms with Crippen LogP contribution >= 0.6 is 0 Å². The van der Waals surface area contributed by atoms with Gasteiger partial charge in [0, 0.05) is 0 Å². The van der Waals surface area contributed by atoms with Gasteiger partial charge in [0.15, 0.2) is 0 Å². The second-order valence-corrected chi connectivity index (χ2v) is 9.34. The van der Waals surface area contributed by atoms with Gasteiger partial charge < -0.3 is 0 Å². The van der Waals surface area contributed by atoms with Gasteiger partial charge in [-0.05, 0) is 32.1 Å². The van der Waals surface area contributed by atoms with Crippen molar-refractivity contribution in [2.45, 2.75) is 18.3 Å². The molecule has 10 radical (unpaired) electrons. The van der Waals surface area contributed by atoms with Gasteiger partial charge in [-0.15, -0.1) is 0 Å². The molecule has 0 N–H and O–H groups in total. The van der Waals surface area contributed by atoms with Gasteiger partial charge >= 0.3 is 150 Å². The SMILES string of the molecule is C[C@H]([C]1[CH][CH][CH][C]1[Se](=O)C/C=C/c1ccccc1)N(C)C.[CH]1[CH][CH][CH][CH]1.[Fe+2]. The molecule has 2 aliphatic carbocycles. The van der Waals surface area contributed by atoms with Crippen LogP contribution in [-0.4, -0.2) is 38.9 Å². The van der Waals surface area contributed by atoms with Gasteiger partial charge in [-0.1, -0.05) is 0 Å². The molecule has 0 amide bonds. The van der Waals surface area contributed by atoms with Crippen LogP contribution in [0.2, 0.25) is 5.32 Å². The fraction of sp³-hybridized carbons (Fsp3) is 0.217. The molecular formula is C23H27FeNOSe+2. The van der Waals surface area contributed by atoms with E-state index in [2.05, 4.69) is 44.5 Å². The molecule has 2 nitrogen and oxygen atoms in total. The first-order valence-corrected chi connectivity index (χ1v) is 11.5. The van der Waals surface area contributed by atoms with Crippen LogP contribution in [-0.2, 0) is 20.9 Å². The fourth-order valence-electron chi connectivity index (χ4n) is 2.49. The number of hydrogen-bond donors (Lipinski definition) is 0. The van der Waals surface area contributed by atoms with Crippen molar-refractivity contribution in [2.75, 3.05) is 14.1 Å². The van der Waals surface area contributed by atoms with Crippen molar-refractivity contribution < 1.29 is 20.9 Å². The second kappa shape index (κ2) is 13.9. The Morgan fingerprint density at radius 2 is 1.56 bits per heavy atom. The van der Waals surface area contributed by atoms with Crippen molar-refractivity contribution in [1.29, 1.82) is 0 Å². The smallest absolute Gasteiger partial charge is 0.0312 e. The standard InChI is InChI=1S/C18H22NOSe.C5H5.Fe/c1-15(19(2)3)17-12-7-13-18(17)21(20)14-8-11-16-9-5-4-6-10-16;1-2-4-5-3-1;/h4-13,15H,14H2,1-3H3;1-5H;/q;;+2/b11-8+;;/t15-,21?;;/m1../s1. The van der Waals surface area contributed by atoms with Crippen molar-refractivity contribution in [3.63, 3.8) is 0 Å². The Morgan fingerprint density at radius 1 is 0.963 bits per heavy atom. The van der Waals surface area contributed by atoms with Gasteiger partial charge in [-0.25, -0.2) is 0 Å². The number of nitrogens with zero attached hydrogens (tertiary/aromatic N) is 1. The normalized spacial score (nSPS) is 20.3. The molecule has 142 valence electrons. The van der Waals surface area contributed by atoms with E-state index in [0.717, 1.165) is 10.4 Å². The predicted molar refractivity (Wildman–Crippen MR) is 111 cm³/mol. The van der Waals surface area contributed by atoms with E-state index in [1.165, 1.54) is 5.92 Å². The number of benzene rings is 1. The summed E-state index contributed by atoms with van der Waals surface area (Å²) in [5.41, 5.74) is 1.15. The van der Waals surface area contributed by atoms with Crippen LogP contribution in [0, 0.1) is 62.1 Å². The van der Waals surface area contributed by atoms with E-state index in [-0.39, 0.29) is 17.1 Å². The topological polar surface area (TPSA) is 20.3 Å². The zero-order valence-electron chi connectivity index (χ0n) is 16.1. The van der Waals surface area contributed by atoms with Gasteiger partial charge in [0.05, 0.1) is 0 Å². The molecule has 2 atom stereocenters. The Balaban J connectivity index is 0.000000526. The molecule has 0 saturated heterocycles. The zero-order valence-corrected chi connectivity index (χ0v) is 18.9. The monoisotopic (exact) mass is 469 g/mol. The molecular weight excluding hydrogens is 441 g/mol. The van der Waals surface area contributed by atoms with Gasteiger partial charge in [0.25, 0.3) is 0 Å². The first kappa shape index (κ1) is 24.8. The first-order valence-electron chi connectivity index (χ1n) is 8.78. The average Bonchev–Trinajstić information content (AvgIpc) is 3.36. The minimum Gasteiger partial charge on any atom is -0.0312 e. The summed E-state index contributed by atoms with van der Waals surface area (Å²) in [6.45, 7) is 2.15. The molecule has 0 spiro atoms. The second-order valence-electron chi connectivity index (χ2n) is 6.27. The largest absolute Gasteiger partial charge is 2.00 e. The summed E-state index contributed by atoms with van der Waals surface area (Å²) in [5, 5.41) is 0.645. The summed E-state index contributed by atoms with van der Waals surface area (Å²) >= 11 is -2.01. The molecule has 0 heterocycles. The summed E-state index contributed by atoms with van der Waals surface area (Å²) in [7, 11) is 4.10. The van der Waals surface area contributed by atoms with E-state index in [4.69, 9.17) is 0 Å². The van der Waals surface area contributed by atoms with Crippen molar-refractivity contribution in [2.24, 2.45) is 0 Å². The van der Waals surface area contributed by atoms with Crippen molar-refractivity contribution >= 4 is 19.9 Å². The molecule has 1 aromatic rings. The van der Waals surface area contributed by atoms with Gasteiger partial charge in [-0.3, -0.25) is 0 Å². The summed E-state index contributed by atoms with van der Waals surface area (Å²) in [4.78, 5) is 3.20. The molecule has 1 aromatic carbocycles. The number of rotatable bonds is 6. The number of hydrogen-bond acceptors (Lipinski definition) is 2. The van der Waals surface area contributed by atoms with Crippen LogP contribution < -0.4 is 0 Å². The van der Waals surface area contributed by atoms with Gasteiger partial charge in [-0.2, -0.15) is 0 Å². The maximum Gasteiger partial charge on any atom is 2.00 e. The molecule has 2 fully saturated rings. The van der Waals surface area contributed by atoms with Gasteiger partial charge in [0.1, 0.15) is 0 Å². The minimum absolute atomic E-state index is 0. The summed E-state index contributed by atoms with van der Waals surface area (Å²) in [6, 6.07) is 10.4. The molecule has 3 rings (SSSR count). The molecule has 0 bridgehead atoms.